The van der Waals surface area contributed by atoms with Gasteiger partial charge in [-0.05, 0) is 35.2 Å². The zero-order chi connectivity index (χ0) is 19.6. The Morgan fingerprint density at radius 3 is 2.07 bits per heavy atom. The molecular weight excluding hydrogens is 346 g/mol. The number of carbonyl (C=O) groups is 1. The fraction of sp³-hybridized carbons (Fsp3) is 0.240. The Bertz CT molecular complexity index is 845. The highest BCUT2D eigenvalue weighted by molar-refractivity contribution is 5.83. The van der Waals surface area contributed by atoms with Crippen molar-refractivity contribution < 1.29 is 9.53 Å². The second kappa shape index (κ2) is 10.3. The number of amides is 1. The van der Waals surface area contributed by atoms with Crippen molar-refractivity contribution in [3.05, 3.63) is 102 Å². The van der Waals surface area contributed by atoms with E-state index in [2.05, 4.69) is 12.2 Å². The number of hydrogen-bond acceptors (Lipinski definition) is 2. The number of nitrogens with one attached hydrogen (secondary N) is 1. The van der Waals surface area contributed by atoms with Crippen LogP contribution in [0.25, 0.3) is 0 Å². The predicted molar refractivity (Wildman–Crippen MR) is 113 cm³/mol. The molecule has 0 aliphatic heterocycles. The summed E-state index contributed by atoms with van der Waals surface area (Å²) in [7, 11) is 0. The molecule has 0 fully saturated rings. The topological polar surface area (TPSA) is 38.3 Å². The first-order valence-electron chi connectivity index (χ1n) is 9.84. The molecule has 0 aromatic heterocycles. The number of rotatable bonds is 9. The van der Waals surface area contributed by atoms with E-state index in [1.54, 1.807) is 0 Å². The molecule has 28 heavy (non-hydrogen) atoms. The molecule has 3 heteroatoms. The molecule has 3 nitrogen and oxygen atoms in total. The maximum Gasteiger partial charge on any atom is 0.227 e. The second-order valence-corrected chi connectivity index (χ2v) is 6.89. The van der Waals surface area contributed by atoms with Crippen molar-refractivity contribution in [2.75, 3.05) is 0 Å². The van der Waals surface area contributed by atoms with Crippen LogP contribution in [0.5, 0.6) is 5.75 Å². The first kappa shape index (κ1) is 19.7. The number of ether oxygens (including phenoxy) is 1. The number of carbonyl (C=O) groups excluding carboxylic acids is 1. The van der Waals surface area contributed by atoms with E-state index in [0.29, 0.717) is 13.2 Å². The first-order chi connectivity index (χ1) is 13.8. The maximum atomic E-state index is 12.8. The Morgan fingerprint density at radius 2 is 1.46 bits per heavy atom. The summed E-state index contributed by atoms with van der Waals surface area (Å²) < 4.78 is 5.85. The monoisotopic (exact) mass is 373 g/mol. The van der Waals surface area contributed by atoms with Crippen LogP contribution in [0, 0.1) is 0 Å². The van der Waals surface area contributed by atoms with Gasteiger partial charge in [0.15, 0.2) is 0 Å². The van der Waals surface area contributed by atoms with Gasteiger partial charge in [-0.3, -0.25) is 4.79 Å². The summed E-state index contributed by atoms with van der Waals surface area (Å²) in [6.45, 7) is 3.20. The van der Waals surface area contributed by atoms with Crippen LogP contribution in [-0.2, 0) is 17.9 Å². The van der Waals surface area contributed by atoms with E-state index in [4.69, 9.17) is 4.74 Å². The van der Waals surface area contributed by atoms with Gasteiger partial charge in [0, 0.05) is 6.54 Å². The molecule has 0 aliphatic carbocycles. The van der Waals surface area contributed by atoms with Crippen LogP contribution >= 0.6 is 0 Å². The summed E-state index contributed by atoms with van der Waals surface area (Å²) in [5, 5.41) is 3.07. The molecule has 3 aromatic carbocycles. The van der Waals surface area contributed by atoms with Crippen LogP contribution in [0.3, 0.4) is 0 Å². The quantitative estimate of drug-likeness (QED) is 0.540. The van der Waals surface area contributed by atoms with E-state index in [-0.39, 0.29) is 11.8 Å². The zero-order valence-electron chi connectivity index (χ0n) is 16.3. The highest BCUT2D eigenvalue weighted by atomic mass is 16.5. The van der Waals surface area contributed by atoms with Crippen molar-refractivity contribution in [1.82, 2.24) is 5.32 Å². The third-order valence-corrected chi connectivity index (χ3v) is 4.73. The Morgan fingerprint density at radius 1 is 0.857 bits per heavy atom. The Kier molecular flexibility index (Phi) is 7.25. The zero-order valence-corrected chi connectivity index (χ0v) is 16.3. The molecule has 3 rings (SSSR count). The second-order valence-electron chi connectivity index (χ2n) is 6.89. The molecule has 0 saturated heterocycles. The lowest BCUT2D eigenvalue weighted by molar-refractivity contribution is -0.122. The third kappa shape index (κ3) is 5.71. The summed E-state index contributed by atoms with van der Waals surface area (Å²) in [6.07, 6.45) is 1.78. The molecule has 3 aromatic rings. The van der Waals surface area contributed by atoms with E-state index < -0.39 is 0 Å². The fourth-order valence-electron chi connectivity index (χ4n) is 3.18. The van der Waals surface area contributed by atoms with Crippen molar-refractivity contribution in [3.63, 3.8) is 0 Å². The van der Waals surface area contributed by atoms with Crippen molar-refractivity contribution >= 4 is 5.91 Å². The van der Waals surface area contributed by atoms with Crippen molar-refractivity contribution in [3.8, 4) is 5.75 Å². The maximum absolute atomic E-state index is 12.8. The van der Waals surface area contributed by atoms with Crippen molar-refractivity contribution in [1.29, 1.82) is 0 Å². The van der Waals surface area contributed by atoms with Gasteiger partial charge in [0.25, 0.3) is 0 Å². The summed E-state index contributed by atoms with van der Waals surface area (Å²) in [6, 6.07) is 28.0. The average Bonchev–Trinajstić information content (AvgIpc) is 2.76. The predicted octanol–water partition coefficient (Wildman–Crippen LogP) is 5.47. The van der Waals surface area contributed by atoms with Crippen LogP contribution < -0.4 is 10.1 Å². The number of benzene rings is 3. The van der Waals surface area contributed by atoms with Crippen LogP contribution in [0.1, 0.15) is 42.4 Å². The first-order valence-corrected chi connectivity index (χ1v) is 9.84. The van der Waals surface area contributed by atoms with E-state index >= 15 is 0 Å². The van der Waals surface area contributed by atoms with Crippen LogP contribution in [0.4, 0.5) is 0 Å². The third-order valence-electron chi connectivity index (χ3n) is 4.73. The van der Waals surface area contributed by atoms with Gasteiger partial charge in [-0.1, -0.05) is 86.1 Å². The molecule has 144 valence electrons. The van der Waals surface area contributed by atoms with Gasteiger partial charge in [-0.2, -0.15) is 0 Å². The molecule has 0 heterocycles. The van der Waals surface area contributed by atoms with Gasteiger partial charge in [-0.25, -0.2) is 0 Å². The molecular formula is C25H27NO2. The van der Waals surface area contributed by atoms with Gasteiger partial charge in [-0.15, -0.1) is 0 Å². The average molecular weight is 373 g/mol. The lowest BCUT2D eigenvalue weighted by atomic mass is 9.93. The van der Waals surface area contributed by atoms with Crippen LogP contribution in [0.2, 0.25) is 0 Å². The molecule has 0 aliphatic rings. The SMILES string of the molecule is CCCC(C(=O)NCc1ccccc1)c1ccc(OCc2ccccc2)cc1. The van der Waals surface area contributed by atoms with Crippen molar-refractivity contribution in [2.45, 2.75) is 38.8 Å². The molecule has 0 radical (unpaired) electrons. The molecule has 0 bridgehead atoms. The minimum Gasteiger partial charge on any atom is -0.489 e. The van der Waals surface area contributed by atoms with E-state index in [1.807, 2.05) is 84.9 Å². The van der Waals surface area contributed by atoms with Gasteiger partial charge >= 0.3 is 0 Å². The fourth-order valence-corrected chi connectivity index (χ4v) is 3.18. The minimum absolute atomic E-state index is 0.0728. The molecule has 1 atom stereocenters. The Hall–Kier alpha value is -3.07. The lowest BCUT2D eigenvalue weighted by Gasteiger charge is -2.17. The standard InChI is InChI=1S/C25H27NO2/c1-2-9-24(25(27)26-18-20-10-5-3-6-11-20)22-14-16-23(17-15-22)28-19-21-12-7-4-8-13-21/h3-8,10-17,24H,2,9,18-19H2,1H3,(H,26,27). The largest absolute Gasteiger partial charge is 0.489 e. The molecule has 0 spiro atoms. The molecule has 0 saturated carbocycles. The lowest BCUT2D eigenvalue weighted by Crippen LogP contribution is -2.29. The Balaban J connectivity index is 1.60. The summed E-state index contributed by atoms with van der Waals surface area (Å²) in [4.78, 5) is 12.8. The van der Waals surface area contributed by atoms with Gasteiger partial charge in [0.2, 0.25) is 5.91 Å². The van der Waals surface area contributed by atoms with Crippen LogP contribution in [-0.4, -0.2) is 5.91 Å². The van der Waals surface area contributed by atoms with E-state index in [0.717, 1.165) is 35.3 Å². The highest BCUT2D eigenvalue weighted by Crippen LogP contribution is 2.24. The van der Waals surface area contributed by atoms with Gasteiger partial charge < -0.3 is 10.1 Å². The summed E-state index contributed by atoms with van der Waals surface area (Å²) in [5.41, 5.74) is 3.27. The minimum atomic E-state index is -0.142. The molecule has 1 N–H and O–H groups in total. The summed E-state index contributed by atoms with van der Waals surface area (Å²) >= 11 is 0. The number of hydrogen-bond donors (Lipinski definition) is 1. The van der Waals surface area contributed by atoms with Gasteiger partial charge in [0.1, 0.15) is 12.4 Å². The smallest absolute Gasteiger partial charge is 0.227 e. The van der Waals surface area contributed by atoms with E-state index in [9.17, 15) is 4.79 Å². The normalized spacial score (nSPS) is 11.6. The Labute approximate surface area is 167 Å². The highest BCUT2D eigenvalue weighted by Gasteiger charge is 2.19. The van der Waals surface area contributed by atoms with Crippen molar-refractivity contribution in [2.24, 2.45) is 0 Å². The van der Waals surface area contributed by atoms with Gasteiger partial charge in [0.05, 0.1) is 5.92 Å². The summed E-state index contributed by atoms with van der Waals surface area (Å²) in [5.74, 6) is 0.744. The van der Waals surface area contributed by atoms with E-state index in [1.165, 1.54) is 0 Å². The molecule has 1 unspecified atom stereocenters. The molecule has 1 amide bonds. The van der Waals surface area contributed by atoms with Crippen LogP contribution in [0.15, 0.2) is 84.9 Å².